The highest BCUT2D eigenvalue weighted by Gasteiger charge is 2.06. The van der Waals surface area contributed by atoms with Gasteiger partial charge in [-0.2, -0.15) is 0 Å². The molecule has 0 aromatic rings. The molecule has 0 unspecified atom stereocenters. The maximum Gasteiger partial charge on any atom is 0.333 e. The largest absolute Gasteiger partial charge is 0.460 e. The van der Waals surface area contributed by atoms with Crippen molar-refractivity contribution < 1.29 is 28.5 Å². The fourth-order valence-electron chi connectivity index (χ4n) is 0.991. The summed E-state index contributed by atoms with van der Waals surface area (Å²) in [7, 11) is 0. The van der Waals surface area contributed by atoms with E-state index in [9.17, 15) is 9.59 Å². The van der Waals surface area contributed by atoms with Crippen molar-refractivity contribution in [2.75, 3.05) is 26.4 Å². The fraction of sp³-hybridized carbons (Fsp3) is 0.571. The van der Waals surface area contributed by atoms with E-state index in [1.807, 2.05) is 0 Å². The van der Waals surface area contributed by atoms with E-state index < -0.39 is 18.2 Å². The molecule has 0 aliphatic rings. The lowest BCUT2D eigenvalue weighted by Crippen LogP contribution is -2.20. The predicted molar refractivity (Wildman–Crippen MR) is 72.9 cm³/mol. The number of carbonyl (C=O) groups excluding carboxylic acids is 2. The molecule has 0 aromatic carbocycles. The Kier molecular flexibility index (Phi) is 9.32. The highest BCUT2D eigenvalue weighted by Crippen LogP contribution is 1.97. The van der Waals surface area contributed by atoms with Gasteiger partial charge in [0.15, 0.2) is 6.29 Å². The Labute approximate surface area is 119 Å². The van der Waals surface area contributed by atoms with E-state index >= 15 is 0 Å². The molecule has 0 heterocycles. The van der Waals surface area contributed by atoms with Crippen LogP contribution in [0.5, 0.6) is 0 Å². The van der Waals surface area contributed by atoms with Gasteiger partial charge in [0.1, 0.15) is 13.2 Å². The molecule has 0 aliphatic heterocycles. The van der Waals surface area contributed by atoms with Gasteiger partial charge < -0.3 is 18.9 Å². The second kappa shape index (κ2) is 10.2. The van der Waals surface area contributed by atoms with Gasteiger partial charge >= 0.3 is 11.9 Å². The average molecular weight is 286 g/mol. The lowest BCUT2D eigenvalue weighted by Gasteiger charge is -2.14. The summed E-state index contributed by atoms with van der Waals surface area (Å²) in [6, 6.07) is 0. The molecule has 0 N–H and O–H groups in total. The Morgan fingerprint density at radius 2 is 1.20 bits per heavy atom. The zero-order chi connectivity index (χ0) is 15.5. The summed E-state index contributed by atoms with van der Waals surface area (Å²) in [5, 5.41) is 0. The van der Waals surface area contributed by atoms with E-state index in [0.29, 0.717) is 11.1 Å². The first-order chi connectivity index (χ1) is 9.34. The molecule has 6 nitrogen and oxygen atoms in total. The monoisotopic (exact) mass is 286 g/mol. The van der Waals surface area contributed by atoms with Crippen LogP contribution in [0, 0.1) is 0 Å². The molecule has 0 amide bonds. The number of hydrogen-bond donors (Lipinski definition) is 0. The van der Waals surface area contributed by atoms with Crippen LogP contribution in [0.4, 0.5) is 0 Å². The lowest BCUT2D eigenvalue weighted by molar-refractivity contribution is -0.160. The first-order valence-electron chi connectivity index (χ1n) is 6.23. The Bertz CT molecular complexity index is 327. The molecule has 0 saturated heterocycles. The minimum absolute atomic E-state index is 0.129. The fourth-order valence-corrected chi connectivity index (χ4v) is 0.991. The normalized spacial score (nSPS) is 10.2. The Morgan fingerprint density at radius 3 is 1.50 bits per heavy atom. The molecule has 0 aliphatic carbocycles. The van der Waals surface area contributed by atoms with Crippen LogP contribution in [0.15, 0.2) is 24.3 Å². The molecule has 0 saturated carbocycles. The molecule has 0 radical (unpaired) electrons. The molecule has 6 heteroatoms. The second-order valence-electron chi connectivity index (χ2n) is 4.14. The van der Waals surface area contributed by atoms with Gasteiger partial charge in [0.05, 0.1) is 13.2 Å². The number of ether oxygens (including phenoxy) is 4. The number of rotatable bonds is 10. The van der Waals surface area contributed by atoms with Gasteiger partial charge in [0, 0.05) is 11.1 Å². The van der Waals surface area contributed by atoms with Crippen molar-refractivity contribution in [3.05, 3.63) is 24.3 Å². The number of carbonyl (C=O) groups is 2. The highest BCUT2D eigenvalue weighted by atomic mass is 16.7. The van der Waals surface area contributed by atoms with Gasteiger partial charge in [-0.3, -0.25) is 0 Å². The summed E-state index contributed by atoms with van der Waals surface area (Å²) >= 11 is 0. The molecule has 20 heavy (non-hydrogen) atoms. The van der Waals surface area contributed by atoms with Gasteiger partial charge in [0.25, 0.3) is 0 Å². The molecule has 0 bridgehead atoms. The molecule has 0 rings (SSSR count). The summed E-state index contributed by atoms with van der Waals surface area (Å²) in [5.41, 5.74) is 0.683. The third-order valence-electron chi connectivity index (χ3n) is 2.04. The zero-order valence-corrected chi connectivity index (χ0v) is 12.3. The minimum atomic E-state index is -0.484. The van der Waals surface area contributed by atoms with Crippen LogP contribution in [0.2, 0.25) is 0 Å². The van der Waals surface area contributed by atoms with E-state index in [-0.39, 0.29) is 26.4 Å². The van der Waals surface area contributed by atoms with E-state index in [1.54, 1.807) is 20.8 Å². The molecular formula is C14H22O6. The van der Waals surface area contributed by atoms with Crippen molar-refractivity contribution >= 4 is 11.9 Å². The van der Waals surface area contributed by atoms with Crippen molar-refractivity contribution in [3.63, 3.8) is 0 Å². The van der Waals surface area contributed by atoms with Gasteiger partial charge in [-0.1, -0.05) is 13.2 Å². The van der Waals surface area contributed by atoms with E-state index in [0.717, 1.165) is 0 Å². The minimum Gasteiger partial charge on any atom is -0.460 e. The zero-order valence-electron chi connectivity index (χ0n) is 12.3. The van der Waals surface area contributed by atoms with Crippen molar-refractivity contribution in [2.24, 2.45) is 0 Å². The second-order valence-corrected chi connectivity index (χ2v) is 4.14. The van der Waals surface area contributed by atoms with Gasteiger partial charge in [-0.25, -0.2) is 9.59 Å². The molecule has 0 fully saturated rings. The van der Waals surface area contributed by atoms with Crippen LogP contribution in [0.1, 0.15) is 20.8 Å². The molecule has 114 valence electrons. The molecular weight excluding hydrogens is 264 g/mol. The first-order valence-corrected chi connectivity index (χ1v) is 6.23. The Morgan fingerprint density at radius 1 is 0.850 bits per heavy atom. The summed E-state index contributed by atoms with van der Waals surface area (Å²) in [5.74, 6) is -0.900. The Hall–Kier alpha value is -1.66. The topological polar surface area (TPSA) is 71.1 Å². The quantitative estimate of drug-likeness (QED) is 0.263. The smallest absolute Gasteiger partial charge is 0.333 e. The third kappa shape index (κ3) is 9.29. The number of esters is 2. The third-order valence-corrected chi connectivity index (χ3v) is 2.04. The van der Waals surface area contributed by atoms with E-state index in [1.165, 1.54) is 0 Å². The summed E-state index contributed by atoms with van der Waals surface area (Å²) < 4.78 is 20.2. The van der Waals surface area contributed by atoms with Crippen LogP contribution in [-0.4, -0.2) is 44.7 Å². The Balaban J connectivity index is 3.53. The molecule has 0 spiro atoms. The lowest BCUT2D eigenvalue weighted by atomic mass is 10.4. The van der Waals surface area contributed by atoms with Crippen LogP contribution < -0.4 is 0 Å². The van der Waals surface area contributed by atoms with Crippen LogP contribution in [0.25, 0.3) is 0 Å². The van der Waals surface area contributed by atoms with Crippen molar-refractivity contribution in [1.82, 2.24) is 0 Å². The summed E-state index contributed by atoms with van der Waals surface area (Å²) in [6.45, 7) is 12.4. The van der Waals surface area contributed by atoms with Crippen LogP contribution >= 0.6 is 0 Å². The van der Waals surface area contributed by atoms with Gasteiger partial charge in [-0.15, -0.1) is 0 Å². The number of hydrogen-bond acceptors (Lipinski definition) is 6. The summed E-state index contributed by atoms with van der Waals surface area (Å²) in [6.07, 6.45) is -0.484. The standard InChI is InChI=1S/C14H22O6/c1-10(2)13(15)19-8-6-17-12(5)18-7-9-20-14(16)11(3)4/h12H,1,3,6-9H2,2,4-5H3. The van der Waals surface area contributed by atoms with E-state index in [4.69, 9.17) is 18.9 Å². The SMILES string of the molecule is C=C(C)C(=O)OCCOC(C)OCCOC(=O)C(=C)C. The van der Waals surface area contributed by atoms with Gasteiger partial charge in [0.2, 0.25) is 0 Å². The predicted octanol–water partition coefficient (Wildman–Crippen LogP) is 1.60. The van der Waals surface area contributed by atoms with E-state index in [2.05, 4.69) is 13.2 Å². The first kappa shape index (κ1) is 18.3. The van der Waals surface area contributed by atoms with Crippen molar-refractivity contribution in [2.45, 2.75) is 27.1 Å². The van der Waals surface area contributed by atoms with Crippen LogP contribution in [-0.2, 0) is 28.5 Å². The van der Waals surface area contributed by atoms with Crippen LogP contribution in [0.3, 0.4) is 0 Å². The average Bonchev–Trinajstić information content (AvgIpc) is 2.38. The highest BCUT2D eigenvalue weighted by molar-refractivity contribution is 5.87. The maximum atomic E-state index is 11.1. The molecule has 0 aromatic heterocycles. The van der Waals surface area contributed by atoms with Crippen molar-refractivity contribution in [3.8, 4) is 0 Å². The summed E-state index contributed by atoms with van der Waals surface area (Å²) in [4.78, 5) is 22.1. The van der Waals surface area contributed by atoms with Crippen molar-refractivity contribution in [1.29, 1.82) is 0 Å². The maximum absolute atomic E-state index is 11.1. The van der Waals surface area contributed by atoms with Gasteiger partial charge in [-0.05, 0) is 20.8 Å². The molecule has 0 atom stereocenters.